The Labute approximate surface area is 188 Å². The van der Waals surface area contributed by atoms with Crippen molar-refractivity contribution in [2.24, 2.45) is 52.3 Å². The van der Waals surface area contributed by atoms with E-state index >= 15 is 0 Å². The zero-order valence-electron chi connectivity index (χ0n) is 20.1. The van der Waals surface area contributed by atoms with Crippen molar-refractivity contribution in [3.8, 4) is 0 Å². The van der Waals surface area contributed by atoms with Crippen molar-refractivity contribution in [2.45, 2.75) is 110 Å². The normalized spacial score (nSPS) is 63.3. The van der Waals surface area contributed by atoms with Gasteiger partial charge in [0, 0.05) is 12.3 Å². The van der Waals surface area contributed by atoms with E-state index in [1.165, 1.54) is 19.3 Å². The first-order chi connectivity index (χ1) is 14.7. The standard InChI is InChI=1S/C27H44O4/c1-15-5-10-27(30-14-15)16(2)24-23(31-27)13-20-18-12-22(29)21-11-17(28)6-8-25(21,3)19(18)7-9-26(20,24)4/h15-24,28-29H,5-14H2,1-4H3/t15-,16-,17-,18+,19-,20-,21+,22-,23+,24-,25+,26-,27+/m0/s1. The fraction of sp³-hybridized carbons (Fsp3) is 1.00. The monoisotopic (exact) mass is 432 g/mol. The van der Waals surface area contributed by atoms with Crippen LogP contribution in [0.25, 0.3) is 0 Å². The second-order valence-electron chi connectivity index (χ2n) is 13.2. The van der Waals surface area contributed by atoms with E-state index in [2.05, 4.69) is 27.7 Å². The summed E-state index contributed by atoms with van der Waals surface area (Å²) in [4.78, 5) is 0. The Morgan fingerprint density at radius 1 is 0.806 bits per heavy atom. The van der Waals surface area contributed by atoms with Crippen LogP contribution in [0.2, 0.25) is 0 Å². The predicted octanol–water partition coefficient (Wildman–Crippen LogP) is 4.76. The van der Waals surface area contributed by atoms with Gasteiger partial charge in [0.25, 0.3) is 0 Å². The molecule has 2 aliphatic heterocycles. The van der Waals surface area contributed by atoms with Gasteiger partial charge in [0.05, 0.1) is 24.9 Å². The van der Waals surface area contributed by atoms with Crippen LogP contribution in [0, 0.1) is 52.3 Å². The molecule has 4 saturated carbocycles. The van der Waals surface area contributed by atoms with Crippen molar-refractivity contribution >= 4 is 0 Å². The first-order valence-electron chi connectivity index (χ1n) is 13.4. The van der Waals surface area contributed by atoms with Crippen LogP contribution in [0.3, 0.4) is 0 Å². The summed E-state index contributed by atoms with van der Waals surface area (Å²) in [5, 5.41) is 21.5. The smallest absolute Gasteiger partial charge is 0.171 e. The molecule has 1 spiro atoms. The number of ether oxygens (including phenoxy) is 2. The van der Waals surface area contributed by atoms with Gasteiger partial charge >= 0.3 is 0 Å². The fourth-order valence-electron chi connectivity index (χ4n) is 10.3. The average Bonchev–Trinajstić information content (AvgIpc) is 3.17. The Kier molecular flexibility index (Phi) is 4.78. The van der Waals surface area contributed by atoms with E-state index in [4.69, 9.17) is 9.47 Å². The highest BCUT2D eigenvalue weighted by molar-refractivity contribution is 5.16. The van der Waals surface area contributed by atoms with Gasteiger partial charge in [0.15, 0.2) is 5.79 Å². The molecule has 2 saturated heterocycles. The number of aliphatic hydroxyl groups excluding tert-OH is 2. The lowest BCUT2D eigenvalue weighted by molar-refractivity contribution is -0.273. The van der Waals surface area contributed by atoms with Gasteiger partial charge in [-0.15, -0.1) is 0 Å². The zero-order valence-corrected chi connectivity index (χ0v) is 20.1. The molecule has 2 heterocycles. The number of aliphatic hydroxyl groups is 2. The predicted molar refractivity (Wildman–Crippen MR) is 119 cm³/mol. The Morgan fingerprint density at radius 2 is 1.58 bits per heavy atom. The van der Waals surface area contributed by atoms with E-state index in [-0.39, 0.29) is 29.3 Å². The topological polar surface area (TPSA) is 58.9 Å². The van der Waals surface area contributed by atoms with Crippen molar-refractivity contribution in [2.75, 3.05) is 6.61 Å². The quantitative estimate of drug-likeness (QED) is 0.579. The molecule has 13 atom stereocenters. The SMILES string of the molecule is C[C@H]1CC[C@@]2(OC1)O[C@@H]1C[C@H]3[C@@H]4C[C@H](O)[C@H]5C[C@@H](O)CC[C@]5(C)[C@H]4CC[C@]3(C)[C@H]1[C@@H]2C. The highest BCUT2D eigenvalue weighted by Crippen LogP contribution is 2.71. The molecule has 0 radical (unpaired) electrons. The molecule has 0 aromatic rings. The molecule has 31 heavy (non-hydrogen) atoms. The number of hydrogen-bond donors (Lipinski definition) is 2. The summed E-state index contributed by atoms with van der Waals surface area (Å²) in [7, 11) is 0. The molecule has 6 rings (SSSR count). The second-order valence-corrected chi connectivity index (χ2v) is 13.2. The summed E-state index contributed by atoms with van der Waals surface area (Å²) in [6.45, 7) is 10.6. The highest BCUT2D eigenvalue weighted by Gasteiger charge is 2.69. The van der Waals surface area contributed by atoms with Crippen molar-refractivity contribution < 1.29 is 19.7 Å². The Morgan fingerprint density at radius 3 is 2.32 bits per heavy atom. The van der Waals surface area contributed by atoms with E-state index in [9.17, 15) is 10.2 Å². The summed E-state index contributed by atoms with van der Waals surface area (Å²) in [5.74, 6) is 3.58. The van der Waals surface area contributed by atoms with Gasteiger partial charge in [-0.2, -0.15) is 0 Å². The maximum atomic E-state index is 11.2. The first kappa shape index (κ1) is 21.4. The molecule has 0 bridgehead atoms. The zero-order chi connectivity index (χ0) is 21.8. The minimum absolute atomic E-state index is 0.191. The van der Waals surface area contributed by atoms with Gasteiger partial charge < -0.3 is 19.7 Å². The molecule has 0 aromatic carbocycles. The molecule has 0 unspecified atom stereocenters. The lowest BCUT2D eigenvalue weighted by Gasteiger charge is -2.62. The lowest BCUT2D eigenvalue weighted by Crippen LogP contribution is -2.58. The molecule has 0 amide bonds. The maximum Gasteiger partial charge on any atom is 0.171 e. The van der Waals surface area contributed by atoms with Crippen LogP contribution in [-0.2, 0) is 9.47 Å². The molecule has 4 heteroatoms. The number of fused-ring (bicyclic) bond motifs is 7. The third kappa shape index (κ3) is 2.80. The van der Waals surface area contributed by atoms with Crippen LogP contribution >= 0.6 is 0 Å². The van der Waals surface area contributed by atoms with Crippen molar-refractivity contribution in [1.29, 1.82) is 0 Å². The van der Waals surface area contributed by atoms with E-state index in [1.54, 1.807) is 0 Å². The minimum atomic E-state index is -0.338. The van der Waals surface area contributed by atoms with Crippen LogP contribution in [0.1, 0.15) is 85.5 Å². The van der Waals surface area contributed by atoms with Crippen LogP contribution in [0.4, 0.5) is 0 Å². The molecule has 2 N–H and O–H groups in total. The van der Waals surface area contributed by atoms with E-state index in [0.29, 0.717) is 47.0 Å². The van der Waals surface area contributed by atoms with Gasteiger partial charge in [0.1, 0.15) is 0 Å². The minimum Gasteiger partial charge on any atom is -0.393 e. The first-order valence-corrected chi connectivity index (χ1v) is 13.4. The van der Waals surface area contributed by atoms with Gasteiger partial charge in [-0.1, -0.05) is 27.7 Å². The van der Waals surface area contributed by atoms with Gasteiger partial charge in [-0.3, -0.25) is 0 Å². The highest BCUT2D eigenvalue weighted by atomic mass is 16.7. The Hall–Kier alpha value is -0.160. The second kappa shape index (κ2) is 6.93. The molecule has 4 aliphatic carbocycles. The Balaban J connectivity index is 1.28. The largest absolute Gasteiger partial charge is 0.393 e. The number of hydrogen-bond acceptors (Lipinski definition) is 4. The molecule has 0 aromatic heterocycles. The van der Waals surface area contributed by atoms with Crippen LogP contribution in [0.15, 0.2) is 0 Å². The maximum absolute atomic E-state index is 11.2. The van der Waals surface area contributed by atoms with Crippen molar-refractivity contribution in [3.63, 3.8) is 0 Å². The average molecular weight is 433 g/mol. The molecular formula is C27H44O4. The molecule has 4 nitrogen and oxygen atoms in total. The van der Waals surface area contributed by atoms with E-state index < -0.39 is 0 Å². The van der Waals surface area contributed by atoms with Gasteiger partial charge in [0.2, 0.25) is 0 Å². The van der Waals surface area contributed by atoms with Gasteiger partial charge in [-0.25, -0.2) is 0 Å². The molecule has 6 aliphatic rings. The van der Waals surface area contributed by atoms with Crippen LogP contribution in [0.5, 0.6) is 0 Å². The third-order valence-corrected chi connectivity index (χ3v) is 11.9. The van der Waals surface area contributed by atoms with Crippen molar-refractivity contribution in [3.05, 3.63) is 0 Å². The lowest BCUT2D eigenvalue weighted by atomic mass is 9.43. The number of rotatable bonds is 0. The van der Waals surface area contributed by atoms with Crippen molar-refractivity contribution in [1.82, 2.24) is 0 Å². The van der Waals surface area contributed by atoms with Crippen LogP contribution < -0.4 is 0 Å². The molecule has 6 fully saturated rings. The summed E-state index contributed by atoms with van der Waals surface area (Å²) in [6.07, 6.45) is 9.58. The fourth-order valence-corrected chi connectivity index (χ4v) is 10.3. The third-order valence-electron chi connectivity index (χ3n) is 11.9. The Bertz CT molecular complexity index is 716. The van der Waals surface area contributed by atoms with Crippen LogP contribution in [-0.4, -0.2) is 40.9 Å². The van der Waals surface area contributed by atoms with Gasteiger partial charge in [-0.05, 0) is 97.7 Å². The summed E-state index contributed by atoms with van der Waals surface area (Å²) in [6, 6.07) is 0. The van der Waals surface area contributed by atoms with E-state index in [0.717, 1.165) is 45.1 Å². The molecule has 176 valence electrons. The summed E-state index contributed by atoms with van der Waals surface area (Å²) in [5.41, 5.74) is 0.495. The molecular weight excluding hydrogens is 388 g/mol. The summed E-state index contributed by atoms with van der Waals surface area (Å²) < 4.78 is 13.3. The summed E-state index contributed by atoms with van der Waals surface area (Å²) >= 11 is 0. The van der Waals surface area contributed by atoms with E-state index in [1.807, 2.05) is 0 Å².